The fourth-order valence-electron chi connectivity index (χ4n) is 1.70. The van der Waals surface area contributed by atoms with Gasteiger partial charge >= 0.3 is 6.03 Å². The van der Waals surface area contributed by atoms with E-state index in [2.05, 4.69) is 21.2 Å². The first-order valence-electron chi connectivity index (χ1n) is 6.48. The fraction of sp³-hybridized carbons (Fsp3) is 0.0667. The highest BCUT2D eigenvalue weighted by atomic mass is 79.9. The van der Waals surface area contributed by atoms with Crippen LogP contribution < -0.4 is 10.0 Å². The van der Waals surface area contributed by atoms with Gasteiger partial charge in [-0.15, -0.1) is 0 Å². The van der Waals surface area contributed by atoms with Crippen LogP contribution in [0.3, 0.4) is 0 Å². The van der Waals surface area contributed by atoms with Crippen LogP contribution in [0.2, 0.25) is 0 Å². The molecule has 0 saturated heterocycles. The Morgan fingerprint density at radius 2 is 1.61 bits per heavy atom. The zero-order chi connectivity index (χ0) is 17.0. The van der Waals surface area contributed by atoms with Gasteiger partial charge in [-0.1, -0.05) is 58.0 Å². The van der Waals surface area contributed by atoms with Crippen LogP contribution in [0, 0.1) is 6.92 Å². The van der Waals surface area contributed by atoms with Crippen molar-refractivity contribution in [3.63, 3.8) is 0 Å². The summed E-state index contributed by atoms with van der Waals surface area (Å²) in [6, 6.07) is 12.2. The van der Waals surface area contributed by atoms with Crippen molar-refractivity contribution >= 4 is 49.2 Å². The Labute approximate surface area is 148 Å². The molecule has 120 valence electrons. The Balaban J connectivity index is 2.05. The molecule has 0 fully saturated rings. The number of halogens is 1. The molecule has 0 atom stereocenters. The van der Waals surface area contributed by atoms with Crippen molar-refractivity contribution in [2.45, 2.75) is 11.8 Å². The summed E-state index contributed by atoms with van der Waals surface area (Å²) < 4.78 is 27.0. The van der Waals surface area contributed by atoms with E-state index in [1.54, 1.807) is 36.4 Å². The lowest BCUT2D eigenvalue weighted by Crippen LogP contribution is -2.42. The lowest BCUT2D eigenvalue weighted by Gasteiger charge is -2.10. The summed E-state index contributed by atoms with van der Waals surface area (Å²) in [5, 5.41) is 2.34. The Morgan fingerprint density at radius 1 is 1.04 bits per heavy atom. The monoisotopic (exact) mass is 412 g/mol. The van der Waals surface area contributed by atoms with Gasteiger partial charge in [0.2, 0.25) is 0 Å². The molecule has 0 aliphatic heterocycles. The van der Waals surface area contributed by atoms with Crippen molar-refractivity contribution in [3.8, 4) is 0 Å². The second-order valence-corrected chi connectivity index (χ2v) is 7.72. The van der Waals surface area contributed by atoms with Crippen LogP contribution in [0.25, 0.3) is 0 Å². The maximum Gasteiger partial charge on any atom is 0.333 e. The topological polar surface area (TPSA) is 75.3 Å². The number of carbonyl (C=O) groups is 1. The number of rotatable bonds is 3. The second-order valence-electron chi connectivity index (χ2n) is 4.71. The molecule has 23 heavy (non-hydrogen) atoms. The lowest BCUT2D eigenvalue weighted by atomic mass is 10.2. The highest BCUT2D eigenvalue weighted by Crippen LogP contribution is 2.11. The molecular weight excluding hydrogens is 400 g/mol. The number of amides is 2. The lowest BCUT2D eigenvalue weighted by molar-refractivity contribution is 0.250. The van der Waals surface area contributed by atoms with Gasteiger partial charge < -0.3 is 0 Å². The van der Waals surface area contributed by atoms with E-state index >= 15 is 0 Å². The van der Waals surface area contributed by atoms with Gasteiger partial charge in [-0.2, -0.15) is 0 Å². The number of urea groups is 1. The molecule has 0 aliphatic rings. The number of hydrogen-bond acceptors (Lipinski definition) is 4. The molecule has 2 aromatic rings. The van der Waals surface area contributed by atoms with E-state index < -0.39 is 16.1 Å². The molecule has 0 saturated carbocycles. The van der Waals surface area contributed by atoms with E-state index in [1.807, 2.05) is 11.6 Å². The summed E-state index contributed by atoms with van der Waals surface area (Å²) in [6.07, 6.45) is 0. The van der Waals surface area contributed by atoms with Gasteiger partial charge in [0.25, 0.3) is 10.0 Å². The summed E-state index contributed by atoms with van der Waals surface area (Å²) in [4.78, 5) is 12.0. The summed E-state index contributed by atoms with van der Waals surface area (Å²) >= 11 is 8.37. The predicted molar refractivity (Wildman–Crippen MR) is 95.9 cm³/mol. The number of thiocarbonyl (C=S) groups is 1. The fourth-order valence-corrected chi connectivity index (χ4v) is 3.10. The third-order valence-electron chi connectivity index (χ3n) is 2.89. The van der Waals surface area contributed by atoms with Crippen LogP contribution in [-0.2, 0) is 10.0 Å². The van der Waals surface area contributed by atoms with Crippen LogP contribution in [0.4, 0.5) is 4.79 Å². The molecule has 0 bridgehead atoms. The predicted octanol–water partition coefficient (Wildman–Crippen LogP) is 3.12. The number of hydrogen-bond donors (Lipinski definition) is 2. The average molecular weight is 413 g/mol. The molecule has 8 heteroatoms. The van der Waals surface area contributed by atoms with Gasteiger partial charge in [-0.05, 0) is 31.2 Å². The van der Waals surface area contributed by atoms with Crippen molar-refractivity contribution in [2.75, 3.05) is 0 Å². The molecule has 0 aliphatic carbocycles. The van der Waals surface area contributed by atoms with Crippen molar-refractivity contribution in [3.05, 3.63) is 64.1 Å². The third kappa shape index (κ3) is 4.85. The number of carbonyl (C=O) groups excluding carboxylic acids is 1. The summed E-state index contributed by atoms with van der Waals surface area (Å²) in [7, 11) is -3.94. The second kappa shape index (κ2) is 7.20. The Hall–Kier alpha value is -1.77. The van der Waals surface area contributed by atoms with E-state index in [0.29, 0.717) is 5.56 Å². The first-order valence-corrected chi connectivity index (χ1v) is 9.17. The highest BCUT2D eigenvalue weighted by Gasteiger charge is 2.18. The van der Waals surface area contributed by atoms with Crippen molar-refractivity contribution in [2.24, 2.45) is 0 Å². The van der Waals surface area contributed by atoms with Crippen LogP contribution in [0.1, 0.15) is 11.1 Å². The Morgan fingerprint density at radius 3 is 2.17 bits per heavy atom. The minimum absolute atomic E-state index is 0.00723. The van der Waals surface area contributed by atoms with E-state index in [9.17, 15) is 13.2 Å². The Bertz CT molecular complexity index is 832. The molecular formula is C15H13BrN2O3S2. The van der Waals surface area contributed by atoms with E-state index in [-0.39, 0.29) is 9.88 Å². The van der Waals surface area contributed by atoms with Crippen molar-refractivity contribution < 1.29 is 13.2 Å². The molecule has 5 nitrogen and oxygen atoms in total. The number of nitrogens with one attached hydrogen (secondary N) is 2. The molecule has 2 amide bonds. The third-order valence-corrected chi connectivity index (χ3v) is 5.11. The molecule has 0 spiro atoms. The number of benzene rings is 2. The quantitative estimate of drug-likeness (QED) is 0.759. The largest absolute Gasteiger partial charge is 0.333 e. The van der Waals surface area contributed by atoms with Gasteiger partial charge in [0.15, 0.2) is 0 Å². The van der Waals surface area contributed by atoms with Crippen LogP contribution in [0.5, 0.6) is 0 Å². The van der Waals surface area contributed by atoms with Crippen LogP contribution in [-0.4, -0.2) is 19.4 Å². The van der Waals surface area contributed by atoms with Crippen molar-refractivity contribution in [1.29, 1.82) is 0 Å². The van der Waals surface area contributed by atoms with Gasteiger partial charge in [0.05, 0.1) is 4.90 Å². The van der Waals surface area contributed by atoms with Gasteiger partial charge in [-0.3, -0.25) is 5.32 Å². The maximum atomic E-state index is 12.1. The molecule has 0 radical (unpaired) electrons. The molecule has 0 unspecified atom stereocenters. The zero-order valence-electron chi connectivity index (χ0n) is 12.0. The molecule has 0 heterocycles. The number of aryl methyl sites for hydroxylation is 1. The molecule has 2 rings (SSSR count). The minimum Gasteiger partial charge on any atom is -0.297 e. The van der Waals surface area contributed by atoms with Crippen molar-refractivity contribution in [1.82, 2.24) is 10.0 Å². The summed E-state index contributed by atoms with van der Waals surface area (Å²) in [5.74, 6) is 0. The highest BCUT2D eigenvalue weighted by molar-refractivity contribution is 9.10. The zero-order valence-corrected chi connectivity index (χ0v) is 15.3. The van der Waals surface area contributed by atoms with E-state index in [4.69, 9.17) is 12.2 Å². The maximum absolute atomic E-state index is 12.1. The molecule has 0 aromatic heterocycles. The normalized spacial score (nSPS) is 10.9. The van der Waals surface area contributed by atoms with Crippen LogP contribution >= 0.6 is 28.1 Å². The van der Waals surface area contributed by atoms with E-state index in [0.717, 1.165) is 10.0 Å². The van der Waals surface area contributed by atoms with Gasteiger partial charge in [0, 0.05) is 10.0 Å². The van der Waals surface area contributed by atoms with Crippen LogP contribution in [0.15, 0.2) is 57.9 Å². The number of sulfonamides is 1. The first kappa shape index (κ1) is 17.6. The van der Waals surface area contributed by atoms with E-state index in [1.165, 1.54) is 12.1 Å². The summed E-state index contributed by atoms with van der Waals surface area (Å²) in [5.41, 5.74) is 1.52. The summed E-state index contributed by atoms with van der Waals surface area (Å²) in [6.45, 7) is 1.84. The molecule has 2 aromatic carbocycles. The molecule has 2 N–H and O–H groups in total. The first-order chi connectivity index (χ1) is 10.8. The minimum atomic E-state index is -3.94. The average Bonchev–Trinajstić information content (AvgIpc) is 2.47. The van der Waals surface area contributed by atoms with Gasteiger partial charge in [0.1, 0.15) is 4.99 Å². The van der Waals surface area contributed by atoms with Gasteiger partial charge in [-0.25, -0.2) is 17.9 Å². The standard InChI is InChI=1S/C15H13BrN2O3S2/c1-10-2-8-13(9-3-10)23(20,21)18-15(19)17-14(22)11-4-6-12(16)7-5-11/h2-9H,1H3,(H2,17,18,19,22). The SMILES string of the molecule is Cc1ccc(S(=O)(=O)NC(=O)NC(=S)c2ccc(Br)cc2)cc1. The smallest absolute Gasteiger partial charge is 0.297 e. The Kier molecular flexibility index (Phi) is 5.51.